The van der Waals surface area contributed by atoms with Crippen LogP contribution >= 0.6 is 0 Å². The Bertz CT molecular complexity index is 433. The van der Waals surface area contributed by atoms with E-state index < -0.39 is 5.60 Å². The Morgan fingerprint density at radius 1 is 1.30 bits per heavy atom. The fourth-order valence-electron chi connectivity index (χ4n) is 2.12. The van der Waals surface area contributed by atoms with E-state index in [9.17, 15) is 9.90 Å². The monoisotopic (exact) mass is 279 g/mol. The summed E-state index contributed by atoms with van der Waals surface area (Å²) in [4.78, 5) is 20.2. The van der Waals surface area contributed by atoms with Gasteiger partial charge in [-0.1, -0.05) is 0 Å². The average molecular weight is 279 g/mol. The number of nitrogens with zero attached hydrogens (tertiary/aromatic N) is 3. The number of anilines is 1. The molecule has 1 aromatic heterocycles. The number of carbonyl (C=O) groups excluding carboxylic acids is 1. The minimum Gasteiger partial charge on any atom is -0.389 e. The number of rotatable bonds is 6. The summed E-state index contributed by atoms with van der Waals surface area (Å²) in [5.41, 5.74) is -0.369. The minimum absolute atomic E-state index is 0.134. The molecule has 0 atom stereocenters. The summed E-state index contributed by atoms with van der Waals surface area (Å²) in [6.45, 7) is 9.55. The highest BCUT2D eigenvalue weighted by Gasteiger charge is 2.20. The van der Waals surface area contributed by atoms with Crippen LogP contribution in [0.25, 0.3) is 0 Å². The Hall–Kier alpha value is -1.62. The standard InChI is InChI=1S/C15H25N3O2/c1-6-18(7-2)13-9-8-12(10-16-13)14(19)17(5)11-15(3,4)20/h8-10,20H,6-7,11H2,1-5H3. The van der Waals surface area contributed by atoms with Crippen molar-refractivity contribution in [1.29, 1.82) is 0 Å². The highest BCUT2D eigenvalue weighted by Crippen LogP contribution is 2.13. The Morgan fingerprint density at radius 3 is 2.30 bits per heavy atom. The third-order valence-electron chi connectivity index (χ3n) is 3.05. The van der Waals surface area contributed by atoms with Crippen LogP contribution in [0, 0.1) is 0 Å². The molecule has 0 aliphatic rings. The van der Waals surface area contributed by atoms with Gasteiger partial charge in [0.1, 0.15) is 5.82 Å². The lowest BCUT2D eigenvalue weighted by atomic mass is 10.1. The van der Waals surface area contributed by atoms with Gasteiger partial charge in [-0.2, -0.15) is 0 Å². The Morgan fingerprint density at radius 2 is 1.90 bits per heavy atom. The second-order valence-corrected chi connectivity index (χ2v) is 5.55. The van der Waals surface area contributed by atoms with Gasteiger partial charge in [0.05, 0.1) is 11.2 Å². The van der Waals surface area contributed by atoms with Crippen LogP contribution in [0.15, 0.2) is 18.3 Å². The number of likely N-dealkylation sites (N-methyl/N-ethyl adjacent to an activating group) is 1. The molecule has 0 aliphatic heterocycles. The van der Waals surface area contributed by atoms with Crippen molar-refractivity contribution in [2.45, 2.75) is 33.3 Å². The quantitative estimate of drug-likeness (QED) is 0.862. The number of aromatic nitrogens is 1. The van der Waals surface area contributed by atoms with Crippen molar-refractivity contribution in [2.24, 2.45) is 0 Å². The summed E-state index contributed by atoms with van der Waals surface area (Å²) in [7, 11) is 1.68. The molecule has 0 aromatic carbocycles. The fourth-order valence-corrected chi connectivity index (χ4v) is 2.12. The molecule has 0 saturated carbocycles. The molecule has 1 N–H and O–H groups in total. The third kappa shape index (κ3) is 4.49. The summed E-state index contributed by atoms with van der Waals surface area (Å²) in [5.74, 6) is 0.738. The Kier molecular flexibility index (Phi) is 5.51. The molecule has 20 heavy (non-hydrogen) atoms. The molecular formula is C15H25N3O2. The van der Waals surface area contributed by atoms with Crippen LogP contribution in [0.1, 0.15) is 38.1 Å². The lowest BCUT2D eigenvalue weighted by Crippen LogP contribution is -2.39. The maximum atomic E-state index is 12.2. The zero-order valence-electron chi connectivity index (χ0n) is 13.1. The molecule has 0 unspecified atom stereocenters. The van der Waals surface area contributed by atoms with Crippen molar-refractivity contribution < 1.29 is 9.90 Å². The largest absolute Gasteiger partial charge is 0.389 e. The Balaban J connectivity index is 2.80. The third-order valence-corrected chi connectivity index (χ3v) is 3.05. The van der Waals surface area contributed by atoms with Gasteiger partial charge in [0.25, 0.3) is 5.91 Å². The highest BCUT2D eigenvalue weighted by molar-refractivity contribution is 5.94. The van der Waals surface area contributed by atoms with E-state index in [1.54, 1.807) is 33.2 Å². The second kappa shape index (κ2) is 6.70. The molecular weight excluding hydrogens is 254 g/mol. The number of carbonyl (C=O) groups is 1. The van der Waals surface area contributed by atoms with E-state index >= 15 is 0 Å². The molecule has 5 nitrogen and oxygen atoms in total. The van der Waals surface area contributed by atoms with Crippen LogP contribution in [0.2, 0.25) is 0 Å². The lowest BCUT2D eigenvalue weighted by Gasteiger charge is -2.25. The zero-order chi connectivity index (χ0) is 15.3. The first-order valence-electron chi connectivity index (χ1n) is 6.97. The van der Waals surface area contributed by atoms with Gasteiger partial charge in [0.15, 0.2) is 0 Å². The van der Waals surface area contributed by atoms with Crippen LogP contribution in [0.3, 0.4) is 0 Å². The molecule has 1 heterocycles. The summed E-state index contributed by atoms with van der Waals surface area (Å²) >= 11 is 0. The molecule has 1 rings (SSSR count). The van der Waals surface area contributed by atoms with E-state index in [4.69, 9.17) is 0 Å². The molecule has 0 bridgehead atoms. The van der Waals surface area contributed by atoms with Crippen LogP contribution in [-0.2, 0) is 0 Å². The average Bonchev–Trinajstić information content (AvgIpc) is 2.38. The van der Waals surface area contributed by atoms with E-state index in [0.29, 0.717) is 5.56 Å². The molecule has 5 heteroatoms. The Labute approximate surface area is 121 Å². The normalized spacial score (nSPS) is 11.3. The smallest absolute Gasteiger partial charge is 0.255 e. The van der Waals surface area contributed by atoms with Crippen molar-refractivity contribution in [3.05, 3.63) is 23.9 Å². The van der Waals surface area contributed by atoms with E-state index in [0.717, 1.165) is 18.9 Å². The molecule has 0 radical (unpaired) electrons. The first-order chi connectivity index (χ1) is 9.28. The van der Waals surface area contributed by atoms with Crippen molar-refractivity contribution in [3.8, 4) is 0 Å². The van der Waals surface area contributed by atoms with Gasteiger partial charge < -0.3 is 14.9 Å². The maximum absolute atomic E-state index is 12.2. The van der Waals surface area contributed by atoms with E-state index in [-0.39, 0.29) is 12.5 Å². The second-order valence-electron chi connectivity index (χ2n) is 5.55. The van der Waals surface area contributed by atoms with E-state index in [1.165, 1.54) is 4.90 Å². The van der Waals surface area contributed by atoms with E-state index in [1.807, 2.05) is 6.07 Å². The first-order valence-corrected chi connectivity index (χ1v) is 6.97. The van der Waals surface area contributed by atoms with Crippen molar-refractivity contribution in [3.63, 3.8) is 0 Å². The van der Waals surface area contributed by atoms with Gasteiger partial charge in [-0.3, -0.25) is 4.79 Å². The number of aliphatic hydroxyl groups is 1. The number of hydrogen-bond acceptors (Lipinski definition) is 4. The van der Waals surface area contributed by atoms with Gasteiger partial charge in [0, 0.05) is 32.9 Å². The summed E-state index contributed by atoms with van der Waals surface area (Å²) in [6, 6.07) is 3.64. The van der Waals surface area contributed by atoms with Crippen LogP contribution in [0.5, 0.6) is 0 Å². The zero-order valence-corrected chi connectivity index (χ0v) is 13.1. The molecule has 0 saturated heterocycles. The summed E-state index contributed by atoms with van der Waals surface area (Å²) < 4.78 is 0. The first kappa shape index (κ1) is 16.4. The number of hydrogen-bond donors (Lipinski definition) is 1. The SMILES string of the molecule is CCN(CC)c1ccc(C(=O)N(C)CC(C)(C)O)cn1. The summed E-state index contributed by atoms with van der Waals surface area (Å²) in [5, 5.41) is 9.75. The van der Waals surface area contributed by atoms with Crippen LogP contribution in [0.4, 0.5) is 5.82 Å². The van der Waals surface area contributed by atoms with Crippen molar-refractivity contribution >= 4 is 11.7 Å². The van der Waals surface area contributed by atoms with Gasteiger partial charge in [0.2, 0.25) is 0 Å². The van der Waals surface area contributed by atoms with Gasteiger partial charge >= 0.3 is 0 Å². The molecule has 0 spiro atoms. The maximum Gasteiger partial charge on any atom is 0.255 e. The number of pyridine rings is 1. The molecule has 1 amide bonds. The highest BCUT2D eigenvalue weighted by atomic mass is 16.3. The molecule has 0 aliphatic carbocycles. The van der Waals surface area contributed by atoms with Crippen LogP contribution in [-0.4, -0.2) is 53.2 Å². The van der Waals surface area contributed by atoms with Gasteiger partial charge in [-0.15, -0.1) is 0 Å². The topological polar surface area (TPSA) is 56.7 Å². The van der Waals surface area contributed by atoms with Gasteiger partial charge in [-0.25, -0.2) is 4.98 Å². The summed E-state index contributed by atoms with van der Waals surface area (Å²) in [6.07, 6.45) is 1.59. The van der Waals surface area contributed by atoms with Crippen molar-refractivity contribution in [2.75, 3.05) is 31.6 Å². The molecule has 1 aromatic rings. The van der Waals surface area contributed by atoms with Crippen molar-refractivity contribution in [1.82, 2.24) is 9.88 Å². The van der Waals surface area contributed by atoms with E-state index in [2.05, 4.69) is 23.7 Å². The molecule has 112 valence electrons. The number of amides is 1. The van der Waals surface area contributed by atoms with Crippen LogP contribution < -0.4 is 4.90 Å². The van der Waals surface area contributed by atoms with Gasteiger partial charge in [-0.05, 0) is 39.8 Å². The minimum atomic E-state index is -0.904. The molecule has 0 fully saturated rings. The fraction of sp³-hybridized carbons (Fsp3) is 0.600. The predicted molar refractivity (Wildman–Crippen MR) is 81.1 cm³/mol. The lowest BCUT2D eigenvalue weighted by molar-refractivity contribution is 0.0367. The predicted octanol–water partition coefficient (Wildman–Crippen LogP) is 1.77.